The van der Waals surface area contributed by atoms with Gasteiger partial charge in [-0.1, -0.05) is 85.0 Å². The topological polar surface area (TPSA) is 12.0 Å². The zero-order valence-electron chi connectivity index (χ0n) is 14.1. The van der Waals surface area contributed by atoms with E-state index in [4.69, 9.17) is 0 Å². The molecule has 0 aromatic carbocycles. The Balaban J connectivity index is 3.36. The summed E-state index contributed by atoms with van der Waals surface area (Å²) in [7, 11) is 2.13. The van der Waals surface area contributed by atoms with E-state index >= 15 is 0 Å². The van der Waals surface area contributed by atoms with Crippen molar-refractivity contribution in [2.24, 2.45) is 5.92 Å². The van der Waals surface area contributed by atoms with Gasteiger partial charge < -0.3 is 5.32 Å². The molecule has 2 unspecified atom stereocenters. The van der Waals surface area contributed by atoms with Crippen molar-refractivity contribution in [3.05, 3.63) is 0 Å². The highest BCUT2D eigenvalue weighted by atomic mass is 14.9. The molecule has 0 spiro atoms. The van der Waals surface area contributed by atoms with E-state index in [0.29, 0.717) is 0 Å². The van der Waals surface area contributed by atoms with Crippen molar-refractivity contribution in [2.75, 3.05) is 7.05 Å². The fourth-order valence-corrected chi connectivity index (χ4v) is 3.04. The van der Waals surface area contributed by atoms with Crippen molar-refractivity contribution in [2.45, 2.75) is 104 Å². The number of unbranched alkanes of at least 4 members (excludes halogenated alkanes) is 8. The van der Waals surface area contributed by atoms with Crippen LogP contribution in [0.4, 0.5) is 0 Å². The van der Waals surface area contributed by atoms with E-state index in [9.17, 15) is 0 Å². The average Bonchev–Trinajstić information content (AvgIpc) is 2.41. The molecule has 0 saturated heterocycles. The quantitative estimate of drug-likeness (QED) is 0.385. The molecule has 116 valence electrons. The monoisotopic (exact) mass is 269 g/mol. The summed E-state index contributed by atoms with van der Waals surface area (Å²) < 4.78 is 0. The van der Waals surface area contributed by atoms with Gasteiger partial charge in [0.2, 0.25) is 0 Å². The van der Waals surface area contributed by atoms with Crippen LogP contribution in [0.2, 0.25) is 0 Å². The molecule has 0 rings (SSSR count). The Labute approximate surface area is 122 Å². The second kappa shape index (κ2) is 14.4. The molecule has 0 heterocycles. The smallest absolute Gasteiger partial charge is 0.00896 e. The summed E-state index contributed by atoms with van der Waals surface area (Å²) in [6.45, 7) is 6.98. The van der Waals surface area contributed by atoms with Crippen molar-refractivity contribution in [1.29, 1.82) is 0 Å². The first-order chi connectivity index (χ1) is 9.26. The lowest BCUT2D eigenvalue weighted by molar-refractivity contribution is 0.344. The first kappa shape index (κ1) is 19.0. The molecular weight excluding hydrogens is 230 g/mol. The van der Waals surface area contributed by atoms with Crippen LogP contribution >= 0.6 is 0 Å². The molecule has 0 radical (unpaired) electrons. The third-order valence-electron chi connectivity index (χ3n) is 4.42. The van der Waals surface area contributed by atoms with E-state index in [1.165, 1.54) is 77.0 Å². The van der Waals surface area contributed by atoms with Crippen LogP contribution in [-0.2, 0) is 0 Å². The third-order valence-corrected chi connectivity index (χ3v) is 4.42. The number of hydrogen-bond acceptors (Lipinski definition) is 1. The highest BCUT2D eigenvalue weighted by Gasteiger charge is 2.13. The minimum atomic E-state index is 0.740. The SMILES string of the molecule is CCCCCCCCCCCC(NC)C(C)CCC. The standard InChI is InChI=1S/C18H39N/c1-5-7-8-9-10-11-12-13-14-16-18(19-4)17(3)15-6-2/h17-19H,5-16H2,1-4H3. The highest BCUT2D eigenvalue weighted by molar-refractivity contribution is 4.71. The van der Waals surface area contributed by atoms with Crippen molar-refractivity contribution in [3.8, 4) is 0 Å². The van der Waals surface area contributed by atoms with E-state index in [-0.39, 0.29) is 0 Å². The van der Waals surface area contributed by atoms with E-state index in [0.717, 1.165) is 12.0 Å². The van der Waals surface area contributed by atoms with Gasteiger partial charge in [-0.3, -0.25) is 0 Å². The Morgan fingerprint density at radius 1 is 0.684 bits per heavy atom. The first-order valence-electron chi connectivity index (χ1n) is 8.93. The average molecular weight is 270 g/mol. The van der Waals surface area contributed by atoms with E-state index in [2.05, 4.69) is 33.1 Å². The number of hydrogen-bond donors (Lipinski definition) is 1. The van der Waals surface area contributed by atoms with Crippen molar-refractivity contribution < 1.29 is 0 Å². The Morgan fingerprint density at radius 2 is 1.21 bits per heavy atom. The summed E-state index contributed by atoms with van der Waals surface area (Å²) >= 11 is 0. The molecule has 19 heavy (non-hydrogen) atoms. The zero-order valence-corrected chi connectivity index (χ0v) is 14.1. The summed E-state index contributed by atoms with van der Waals surface area (Å²) in [5.41, 5.74) is 0. The van der Waals surface area contributed by atoms with E-state index in [1.807, 2.05) is 0 Å². The van der Waals surface area contributed by atoms with Gasteiger partial charge in [0.15, 0.2) is 0 Å². The van der Waals surface area contributed by atoms with Crippen molar-refractivity contribution in [3.63, 3.8) is 0 Å². The van der Waals surface area contributed by atoms with Crippen LogP contribution in [0.1, 0.15) is 97.8 Å². The van der Waals surface area contributed by atoms with Gasteiger partial charge in [-0.2, -0.15) is 0 Å². The van der Waals surface area contributed by atoms with Gasteiger partial charge in [0.1, 0.15) is 0 Å². The molecule has 0 aliphatic heterocycles. The predicted molar refractivity (Wildman–Crippen MR) is 88.8 cm³/mol. The van der Waals surface area contributed by atoms with Gasteiger partial charge in [-0.25, -0.2) is 0 Å². The molecule has 0 bridgehead atoms. The maximum atomic E-state index is 3.51. The normalized spacial score (nSPS) is 14.5. The summed E-state index contributed by atoms with van der Waals surface area (Å²) in [6.07, 6.45) is 17.0. The van der Waals surface area contributed by atoms with Crippen molar-refractivity contribution >= 4 is 0 Å². The summed E-state index contributed by atoms with van der Waals surface area (Å²) in [6, 6.07) is 0.740. The second-order valence-corrected chi connectivity index (χ2v) is 6.28. The van der Waals surface area contributed by atoms with Gasteiger partial charge in [0.05, 0.1) is 0 Å². The Kier molecular flexibility index (Phi) is 14.3. The lowest BCUT2D eigenvalue weighted by Crippen LogP contribution is -2.31. The van der Waals surface area contributed by atoms with Gasteiger partial charge in [-0.05, 0) is 25.8 Å². The molecule has 0 saturated carbocycles. The first-order valence-corrected chi connectivity index (χ1v) is 8.93. The minimum Gasteiger partial charge on any atom is -0.317 e. The van der Waals surface area contributed by atoms with Crippen LogP contribution in [0.15, 0.2) is 0 Å². The van der Waals surface area contributed by atoms with Gasteiger partial charge in [-0.15, -0.1) is 0 Å². The molecule has 0 aliphatic carbocycles. The Bertz CT molecular complexity index is 167. The van der Waals surface area contributed by atoms with E-state index in [1.54, 1.807) is 0 Å². The summed E-state index contributed by atoms with van der Waals surface area (Å²) in [4.78, 5) is 0. The third kappa shape index (κ3) is 11.5. The molecule has 0 aliphatic rings. The van der Waals surface area contributed by atoms with Crippen LogP contribution in [-0.4, -0.2) is 13.1 Å². The van der Waals surface area contributed by atoms with Gasteiger partial charge in [0, 0.05) is 6.04 Å². The lowest BCUT2D eigenvalue weighted by Gasteiger charge is -2.23. The summed E-state index contributed by atoms with van der Waals surface area (Å²) in [5, 5.41) is 3.51. The molecule has 0 amide bonds. The fraction of sp³-hybridized carbons (Fsp3) is 1.00. The largest absolute Gasteiger partial charge is 0.317 e. The fourth-order valence-electron chi connectivity index (χ4n) is 3.04. The molecule has 0 aromatic rings. The van der Waals surface area contributed by atoms with Gasteiger partial charge in [0.25, 0.3) is 0 Å². The van der Waals surface area contributed by atoms with E-state index < -0.39 is 0 Å². The van der Waals surface area contributed by atoms with Crippen LogP contribution in [0.25, 0.3) is 0 Å². The van der Waals surface area contributed by atoms with Crippen molar-refractivity contribution in [1.82, 2.24) is 5.32 Å². The van der Waals surface area contributed by atoms with Gasteiger partial charge >= 0.3 is 0 Å². The summed E-state index contributed by atoms with van der Waals surface area (Å²) in [5.74, 6) is 0.837. The second-order valence-electron chi connectivity index (χ2n) is 6.28. The molecule has 1 heteroatoms. The highest BCUT2D eigenvalue weighted by Crippen LogP contribution is 2.17. The minimum absolute atomic E-state index is 0.740. The number of nitrogens with one attached hydrogen (secondary N) is 1. The van der Waals surface area contributed by atoms with Crippen LogP contribution in [0.3, 0.4) is 0 Å². The zero-order chi connectivity index (χ0) is 14.3. The lowest BCUT2D eigenvalue weighted by atomic mass is 9.92. The Morgan fingerprint density at radius 3 is 1.68 bits per heavy atom. The molecule has 1 nitrogen and oxygen atoms in total. The predicted octanol–water partition coefficient (Wildman–Crippen LogP) is 5.93. The van der Waals surface area contributed by atoms with Crippen LogP contribution < -0.4 is 5.32 Å². The number of rotatable bonds is 14. The molecular formula is C18H39N. The molecule has 1 N–H and O–H groups in total. The molecule has 0 aromatic heterocycles. The molecule has 2 atom stereocenters. The maximum absolute atomic E-state index is 3.51. The maximum Gasteiger partial charge on any atom is 0.00896 e. The molecule has 0 fully saturated rings. The van der Waals surface area contributed by atoms with Crippen LogP contribution in [0.5, 0.6) is 0 Å². The Hall–Kier alpha value is -0.0400. The van der Waals surface area contributed by atoms with Crippen LogP contribution in [0, 0.1) is 5.92 Å².